The zero-order chi connectivity index (χ0) is 48.5. The van der Waals surface area contributed by atoms with Crippen LogP contribution in [0.5, 0.6) is 0 Å². The van der Waals surface area contributed by atoms with Gasteiger partial charge in [0, 0.05) is 61.8 Å². The summed E-state index contributed by atoms with van der Waals surface area (Å²) in [5.41, 5.74) is 13.9. The Labute approximate surface area is 394 Å². The van der Waals surface area contributed by atoms with Crippen LogP contribution in [0.2, 0.25) is 0 Å². The molecule has 5 N–H and O–H groups in total. The number of hydrogen-bond donors (Lipinski definition) is 3. The van der Waals surface area contributed by atoms with Crippen LogP contribution in [0.15, 0.2) is 85.2 Å². The Bertz CT molecular complexity index is 2580. The number of halogens is 2. The molecule has 18 heteroatoms. The van der Waals surface area contributed by atoms with Gasteiger partial charge >= 0.3 is 12.3 Å². The number of nitrogens with zero attached hydrogens (tertiary/aromatic N) is 6. The Hall–Kier alpha value is -7.34. The van der Waals surface area contributed by atoms with Crippen molar-refractivity contribution in [2.75, 3.05) is 60.5 Å². The lowest BCUT2D eigenvalue weighted by Crippen LogP contribution is -2.43. The summed E-state index contributed by atoms with van der Waals surface area (Å²) in [5.74, 6) is -0.425. The summed E-state index contributed by atoms with van der Waals surface area (Å²) >= 11 is 0. The molecule has 0 radical (unpaired) electrons. The van der Waals surface area contributed by atoms with E-state index in [0.29, 0.717) is 44.6 Å². The van der Waals surface area contributed by atoms with Crippen LogP contribution in [0.1, 0.15) is 100 Å². The van der Waals surface area contributed by atoms with Gasteiger partial charge in [0.1, 0.15) is 34.5 Å². The number of hydrogen-bond acceptors (Lipinski definition) is 16. The molecule has 6 aromatic rings. The standard InChI is InChI=1S/C20H19FN4O.C19H18FN5O.C10H18O5.CH4/c21-16-6-5-14(22)11-15(16)20(26)13-4-7-17-18(10-13)24-19(12-23-17)25-8-2-1-3-9-25;20-15-3-2-13(21)10-14(15)19(26)12-1-4-16-17(9-12)24-18(11-23-16)25-7-5-22-6-8-25;1-9(2,3)14-7(11)13-8(12)15-10(4,5)6;/h4-7,10-12H,1-3,8-9,22H2;1-4,9-11,22H,5-8,21H2;1-6H3;1H4. The second-order valence-corrected chi connectivity index (χ2v) is 17.8. The number of ketones is 2. The lowest BCUT2D eigenvalue weighted by molar-refractivity contribution is -0.0294. The number of nitrogens with two attached hydrogens (primary N) is 2. The van der Waals surface area contributed by atoms with Crippen molar-refractivity contribution in [3.8, 4) is 0 Å². The smallest absolute Gasteiger partial charge is 0.428 e. The average molecular weight is 936 g/mol. The van der Waals surface area contributed by atoms with Gasteiger partial charge in [0.2, 0.25) is 0 Å². The van der Waals surface area contributed by atoms with Crippen molar-refractivity contribution in [3.63, 3.8) is 0 Å². The first-order chi connectivity index (χ1) is 31.7. The normalized spacial score (nSPS) is 13.8. The number of piperazine rings is 1. The monoisotopic (exact) mass is 935 g/mol. The van der Waals surface area contributed by atoms with Gasteiger partial charge in [-0.1, -0.05) is 7.43 Å². The van der Waals surface area contributed by atoms with Gasteiger partial charge in [-0.3, -0.25) is 19.6 Å². The quantitative estimate of drug-likeness (QED) is 0.0614. The first kappa shape index (κ1) is 51.6. The van der Waals surface area contributed by atoms with Gasteiger partial charge in [0.15, 0.2) is 11.6 Å². The number of nitrogens with one attached hydrogen (secondary N) is 1. The molecule has 360 valence electrons. The molecular formula is C50H59F2N9O7. The number of anilines is 4. The first-order valence-electron chi connectivity index (χ1n) is 21.8. The molecule has 2 fully saturated rings. The van der Waals surface area contributed by atoms with Crippen LogP contribution in [-0.2, 0) is 14.2 Å². The number of carbonyl (C=O) groups is 4. The zero-order valence-corrected chi connectivity index (χ0v) is 38.4. The molecule has 0 amide bonds. The molecule has 0 spiro atoms. The van der Waals surface area contributed by atoms with E-state index in [1.54, 1.807) is 90.3 Å². The molecule has 0 saturated carbocycles. The van der Waals surface area contributed by atoms with Crippen molar-refractivity contribution in [1.82, 2.24) is 25.3 Å². The number of piperidine rings is 1. The topological polar surface area (TPSA) is 218 Å². The van der Waals surface area contributed by atoms with Crippen LogP contribution < -0.4 is 26.6 Å². The number of fused-ring (bicyclic) bond motifs is 2. The number of nitrogen functional groups attached to an aromatic ring is 2. The fourth-order valence-corrected chi connectivity index (χ4v) is 6.96. The molecule has 0 bridgehead atoms. The van der Waals surface area contributed by atoms with Crippen molar-refractivity contribution in [3.05, 3.63) is 119 Å². The Balaban J connectivity index is 0.000000197. The second-order valence-electron chi connectivity index (χ2n) is 17.8. The van der Waals surface area contributed by atoms with Crippen LogP contribution in [0.3, 0.4) is 0 Å². The Morgan fingerprint density at radius 2 is 0.985 bits per heavy atom. The lowest BCUT2D eigenvalue weighted by Gasteiger charge is -2.28. The highest BCUT2D eigenvalue weighted by molar-refractivity contribution is 6.11. The summed E-state index contributed by atoms with van der Waals surface area (Å²) in [5, 5.41) is 3.29. The molecule has 2 aliphatic heterocycles. The van der Waals surface area contributed by atoms with E-state index in [9.17, 15) is 28.0 Å². The van der Waals surface area contributed by atoms with E-state index in [0.717, 1.165) is 63.7 Å². The summed E-state index contributed by atoms with van der Waals surface area (Å²) in [7, 11) is 0. The predicted molar refractivity (Wildman–Crippen MR) is 259 cm³/mol. The average Bonchev–Trinajstić information content (AvgIpc) is 3.29. The highest BCUT2D eigenvalue weighted by Gasteiger charge is 2.25. The molecule has 0 unspecified atom stereocenters. The number of benzene rings is 4. The summed E-state index contributed by atoms with van der Waals surface area (Å²) in [6.07, 6.45) is 4.93. The summed E-state index contributed by atoms with van der Waals surface area (Å²) < 4.78 is 41.8. The summed E-state index contributed by atoms with van der Waals surface area (Å²) in [6.45, 7) is 15.5. The minimum absolute atomic E-state index is 0. The lowest BCUT2D eigenvalue weighted by atomic mass is 10.0. The van der Waals surface area contributed by atoms with Gasteiger partial charge in [-0.25, -0.2) is 28.3 Å². The Morgan fingerprint density at radius 1 is 0.574 bits per heavy atom. The fraction of sp³-hybridized carbons (Fsp3) is 0.360. The molecule has 2 aliphatic rings. The van der Waals surface area contributed by atoms with Crippen molar-refractivity contribution >= 4 is 69.0 Å². The molecular weight excluding hydrogens is 877 g/mol. The number of aromatic nitrogens is 4. The SMILES string of the molecule is C.CC(C)(C)OC(=O)OC(=O)OC(C)(C)C.Nc1ccc(F)c(C(=O)c2ccc3ncc(N4CCCCC4)nc3c2)c1.Nc1ccc(F)c(C(=O)c2ccc3ncc(N4CCNCC4)nc3c2)c1. The summed E-state index contributed by atoms with van der Waals surface area (Å²) in [4.78, 5) is 70.0. The van der Waals surface area contributed by atoms with Crippen molar-refractivity contribution < 1.29 is 42.2 Å². The highest BCUT2D eigenvalue weighted by Crippen LogP contribution is 2.24. The van der Waals surface area contributed by atoms with E-state index < -0.39 is 46.7 Å². The summed E-state index contributed by atoms with van der Waals surface area (Å²) in [6, 6.07) is 18.0. The largest absolute Gasteiger partial charge is 0.519 e. The maximum Gasteiger partial charge on any atom is 0.519 e. The second kappa shape index (κ2) is 22.4. The van der Waals surface area contributed by atoms with Gasteiger partial charge < -0.3 is 40.8 Å². The van der Waals surface area contributed by atoms with Crippen molar-refractivity contribution in [2.24, 2.45) is 0 Å². The molecule has 2 saturated heterocycles. The molecule has 4 heterocycles. The maximum atomic E-state index is 14.0. The van der Waals surface area contributed by atoms with Crippen LogP contribution in [-0.4, -0.2) is 94.3 Å². The van der Waals surface area contributed by atoms with E-state index in [1.807, 2.05) is 0 Å². The molecule has 2 aromatic heterocycles. The first-order valence-corrected chi connectivity index (χ1v) is 21.8. The van der Waals surface area contributed by atoms with Gasteiger partial charge in [-0.15, -0.1) is 0 Å². The fourth-order valence-electron chi connectivity index (χ4n) is 6.96. The molecule has 0 atom stereocenters. The van der Waals surface area contributed by atoms with Crippen molar-refractivity contribution in [2.45, 2.75) is 79.4 Å². The third-order valence-electron chi connectivity index (χ3n) is 10.1. The van der Waals surface area contributed by atoms with E-state index in [-0.39, 0.29) is 18.6 Å². The van der Waals surface area contributed by atoms with Crippen LogP contribution in [0.25, 0.3) is 22.1 Å². The molecule has 8 rings (SSSR count). The number of carbonyl (C=O) groups excluding carboxylic acids is 4. The minimum atomic E-state index is -1.06. The molecule has 68 heavy (non-hydrogen) atoms. The van der Waals surface area contributed by atoms with Crippen LogP contribution >= 0.6 is 0 Å². The van der Waals surface area contributed by atoms with Gasteiger partial charge in [0.05, 0.1) is 45.6 Å². The Kier molecular flexibility index (Phi) is 17.0. The van der Waals surface area contributed by atoms with E-state index >= 15 is 0 Å². The van der Waals surface area contributed by atoms with E-state index in [2.05, 4.69) is 39.8 Å². The predicted octanol–water partition coefficient (Wildman–Crippen LogP) is 9.07. The third-order valence-corrected chi connectivity index (χ3v) is 10.1. The maximum absolute atomic E-state index is 14.0. The third kappa shape index (κ3) is 14.3. The molecule has 4 aromatic carbocycles. The van der Waals surface area contributed by atoms with E-state index in [4.69, 9.17) is 20.9 Å². The Morgan fingerprint density at radius 3 is 1.40 bits per heavy atom. The van der Waals surface area contributed by atoms with Gasteiger partial charge in [-0.2, -0.15) is 0 Å². The van der Waals surface area contributed by atoms with Crippen LogP contribution in [0.4, 0.5) is 41.4 Å². The van der Waals surface area contributed by atoms with Crippen LogP contribution in [0, 0.1) is 11.6 Å². The molecule has 0 aliphatic carbocycles. The van der Waals surface area contributed by atoms with Gasteiger partial charge in [-0.05, 0) is 134 Å². The zero-order valence-electron chi connectivity index (χ0n) is 38.4. The highest BCUT2D eigenvalue weighted by atomic mass is 19.1. The number of rotatable bonds is 6. The minimum Gasteiger partial charge on any atom is -0.428 e. The molecule has 16 nitrogen and oxygen atoms in total. The number of ether oxygens (including phenoxy) is 3. The van der Waals surface area contributed by atoms with Crippen molar-refractivity contribution in [1.29, 1.82) is 0 Å². The van der Waals surface area contributed by atoms with Gasteiger partial charge in [0.25, 0.3) is 0 Å². The van der Waals surface area contributed by atoms with E-state index in [1.165, 1.54) is 42.8 Å².